The fourth-order valence-corrected chi connectivity index (χ4v) is 1.93. The zero-order valence-corrected chi connectivity index (χ0v) is 6.11. The molecule has 0 aliphatic carbocycles. The maximum Gasteiger partial charge on any atom is 0.132 e. The van der Waals surface area contributed by atoms with E-state index in [1.807, 2.05) is 0 Å². The number of hydrogen-bond acceptors (Lipinski definition) is 3. The molecular formula is C7H7NOS. The Labute approximate surface area is 63.3 Å². The van der Waals surface area contributed by atoms with Gasteiger partial charge in [0, 0.05) is 12.0 Å². The Bertz CT molecular complexity index is 252. The molecule has 0 bridgehead atoms. The van der Waals surface area contributed by atoms with Crippen LogP contribution >= 0.6 is 11.8 Å². The van der Waals surface area contributed by atoms with Crippen molar-refractivity contribution in [2.75, 3.05) is 5.75 Å². The van der Waals surface area contributed by atoms with Crippen LogP contribution in [0.5, 0.6) is 0 Å². The van der Waals surface area contributed by atoms with Crippen LogP contribution in [0.2, 0.25) is 0 Å². The topological polar surface area (TPSA) is 32.3 Å². The Morgan fingerprint density at radius 1 is 1.60 bits per heavy atom. The van der Waals surface area contributed by atoms with Gasteiger partial charge in [0.05, 0.1) is 10.6 Å². The van der Waals surface area contributed by atoms with Gasteiger partial charge in [-0.25, -0.2) is 0 Å². The van der Waals surface area contributed by atoms with E-state index >= 15 is 0 Å². The van der Waals surface area contributed by atoms with E-state index in [9.17, 15) is 5.11 Å². The molecule has 2 N–H and O–H groups in total. The molecule has 2 aliphatic heterocycles. The van der Waals surface area contributed by atoms with Crippen molar-refractivity contribution in [3.63, 3.8) is 0 Å². The average Bonchev–Trinajstić information content (AvgIpc) is 2.36. The van der Waals surface area contributed by atoms with Crippen LogP contribution in [0.25, 0.3) is 0 Å². The number of nitrogens with one attached hydrogen (secondary N) is 1. The number of fused-ring (bicyclic) bond motifs is 1. The minimum Gasteiger partial charge on any atom is -0.507 e. The first-order valence-corrected chi connectivity index (χ1v) is 4.06. The molecule has 2 heterocycles. The van der Waals surface area contributed by atoms with Crippen molar-refractivity contribution >= 4 is 11.8 Å². The van der Waals surface area contributed by atoms with Crippen LogP contribution in [0.15, 0.2) is 34.7 Å². The zero-order valence-electron chi connectivity index (χ0n) is 5.29. The first-order valence-electron chi connectivity index (χ1n) is 3.07. The van der Waals surface area contributed by atoms with Crippen LogP contribution in [0.3, 0.4) is 0 Å². The number of dihydropyridines is 1. The lowest BCUT2D eigenvalue weighted by molar-refractivity contribution is 0.428. The quantitative estimate of drug-likeness (QED) is 0.553. The SMILES string of the molecule is OC1=C2SCC=C2NC=C1. The van der Waals surface area contributed by atoms with Crippen molar-refractivity contribution in [2.45, 2.75) is 0 Å². The van der Waals surface area contributed by atoms with Crippen LogP contribution < -0.4 is 5.32 Å². The molecule has 2 nitrogen and oxygen atoms in total. The summed E-state index contributed by atoms with van der Waals surface area (Å²) >= 11 is 1.66. The summed E-state index contributed by atoms with van der Waals surface area (Å²) in [5.41, 5.74) is 1.05. The van der Waals surface area contributed by atoms with E-state index in [2.05, 4.69) is 11.4 Å². The maximum absolute atomic E-state index is 9.27. The number of aliphatic hydroxyl groups is 1. The molecule has 0 aromatic carbocycles. The van der Waals surface area contributed by atoms with E-state index < -0.39 is 0 Å². The Hall–Kier alpha value is -0.830. The summed E-state index contributed by atoms with van der Waals surface area (Å²) in [5.74, 6) is 1.34. The number of rotatable bonds is 0. The first-order chi connectivity index (χ1) is 4.88. The van der Waals surface area contributed by atoms with Gasteiger partial charge in [0.15, 0.2) is 0 Å². The van der Waals surface area contributed by atoms with E-state index in [1.165, 1.54) is 0 Å². The molecule has 0 amide bonds. The van der Waals surface area contributed by atoms with E-state index in [0.717, 1.165) is 16.4 Å². The summed E-state index contributed by atoms with van der Waals surface area (Å²) in [5, 5.41) is 12.3. The monoisotopic (exact) mass is 153 g/mol. The van der Waals surface area contributed by atoms with Gasteiger partial charge < -0.3 is 10.4 Å². The van der Waals surface area contributed by atoms with Gasteiger partial charge in [0.1, 0.15) is 5.76 Å². The molecule has 0 aromatic rings. The van der Waals surface area contributed by atoms with E-state index in [4.69, 9.17) is 0 Å². The average molecular weight is 153 g/mol. The lowest BCUT2D eigenvalue weighted by Gasteiger charge is -2.10. The maximum atomic E-state index is 9.27. The minimum atomic E-state index is 0.382. The van der Waals surface area contributed by atoms with Crippen LogP contribution in [0, 0.1) is 0 Å². The van der Waals surface area contributed by atoms with E-state index in [0.29, 0.717) is 5.76 Å². The number of aliphatic hydroxyl groups excluding tert-OH is 1. The molecule has 0 radical (unpaired) electrons. The molecule has 0 saturated heterocycles. The third-order valence-corrected chi connectivity index (χ3v) is 2.52. The fourth-order valence-electron chi connectivity index (χ4n) is 1.00. The van der Waals surface area contributed by atoms with Crippen molar-refractivity contribution < 1.29 is 5.11 Å². The van der Waals surface area contributed by atoms with Gasteiger partial charge in [-0.05, 0) is 12.2 Å². The smallest absolute Gasteiger partial charge is 0.132 e. The van der Waals surface area contributed by atoms with Gasteiger partial charge in [-0.2, -0.15) is 0 Å². The van der Waals surface area contributed by atoms with E-state index in [-0.39, 0.29) is 0 Å². The van der Waals surface area contributed by atoms with Gasteiger partial charge in [-0.1, -0.05) is 0 Å². The second-order valence-electron chi connectivity index (χ2n) is 2.12. The highest BCUT2D eigenvalue weighted by Crippen LogP contribution is 2.33. The van der Waals surface area contributed by atoms with Crippen LogP contribution in [-0.2, 0) is 0 Å². The lowest BCUT2D eigenvalue weighted by Crippen LogP contribution is -2.08. The second kappa shape index (κ2) is 2.09. The van der Waals surface area contributed by atoms with Gasteiger partial charge in [0.2, 0.25) is 0 Å². The van der Waals surface area contributed by atoms with Crippen molar-refractivity contribution in [2.24, 2.45) is 0 Å². The van der Waals surface area contributed by atoms with Crippen LogP contribution in [0.1, 0.15) is 0 Å². The summed E-state index contributed by atoms with van der Waals surface area (Å²) in [6.45, 7) is 0. The van der Waals surface area contributed by atoms with Crippen molar-refractivity contribution in [1.29, 1.82) is 0 Å². The number of hydrogen-bond donors (Lipinski definition) is 2. The van der Waals surface area contributed by atoms with Crippen molar-refractivity contribution in [3.05, 3.63) is 34.7 Å². The Morgan fingerprint density at radius 3 is 3.30 bits per heavy atom. The first kappa shape index (κ1) is 5.92. The summed E-state index contributed by atoms with van der Waals surface area (Å²) in [7, 11) is 0. The molecule has 0 unspecified atom stereocenters. The molecule has 0 atom stereocenters. The minimum absolute atomic E-state index is 0.382. The van der Waals surface area contributed by atoms with Crippen LogP contribution in [-0.4, -0.2) is 10.9 Å². The molecule has 52 valence electrons. The van der Waals surface area contributed by atoms with Gasteiger partial charge in [0.25, 0.3) is 0 Å². The molecule has 10 heavy (non-hydrogen) atoms. The highest BCUT2D eigenvalue weighted by atomic mass is 32.2. The zero-order chi connectivity index (χ0) is 6.97. The van der Waals surface area contributed by atoms with Gasteiger partial charge >= 0.3 is 0 Å². The summed E-state index contributed by atoms with van der Waals surface area (Å²) in [4.78, 5) is 0.975. The highest BCUT2D eigenvalue weighted by Gasteiger charge is 2.17. The van der Waals surface area contributed by atoms with Gasteiger partial charge in [-0.3, -0.25) is 0 Å². The lowest BCUT2D eigenvalue weighted by atomic mass is 10.3. The molecule has 2 rings (SSSR count). The molecule has 0 fully saturated rings. The fraction of sp³-hybridized carbons (Fsp3) is 0.143. The summed E-state index contributed by atoms with van der Waals surface area (Å²) in [6.07, 6.45) is 5.49. The largest absolute Gasteiger partial charge is 0.507 e. The molecule has 2 aliphatic rings. The van der Waals surface area contributed by atoms with E-state index in [1.54, 1.807) is 24.0 Å². The number of allylic oxidation sites excluding steroid dienone is 1. The molecular weight excluding hydrogens is 146 g/mol. The van der Waals surface area contributed by atoms with Crippen LogP contribution in [0.4, 0.5) is 0 Å². The number of thioether (sulfide) groups is 1. The Morgan fingerprint density at radius 2 is 2.50 bits per heavy atom. The second-order valence-corrected chi connectivity index (χ2v) is 3.15. The Kier molecular flexibility index (Phi) is 1.24. The Balaban J connectivity index is 2.45. The molecule has 0 saturated carbocycles. The third kappa shape index (κ3) is 0.743. The van der Waals surface area contributed by atoms with Gasteiger partial charge in [-0.15, -0.1) is 11.8 Å². The summed E-state index contributed by atoms with van der Waals surface area (Å²) < 4.78 is 0. The summed E-state index contributed by atoms with van der Waals surface area (Å²) in [6, 6.07) is 0. The normalized spacial score (nSPS) is 22.2. The van der Waals surface area contributed by atoms with Crippen molar-refractivity contribution in [3.8, 4) is 0 Å². The third-order valence-electron chi connectivity index (χ3n) is 1.47. The van der Waals surface area contributed by atoms with Crippen molar-refractivity contribution in [1.82, 2.24) is 5.32 Å². The standard InChI is InChI=1S/C7H7NOS/c9-6-1-3-8-5-2-4-10-7(5)6/h1-3,8-9H,4H2. The molecule has 0 spiro atoms. The molecule has 0 aromatic heterocycles. The highest BCUT2D eigenvalue weighted by molar-refractivity contribution is 8.03. The predicted octanol–water partition coefficient (Wildman–Crippen LogP) is 1.50. The molecule has 3 heteroatoms. The predicted molar refractivity (Wildman–Crippen MR) is 42.5 cm³/mol.